The molecule has 19 heavy (non-hydrogen) atoms. The monoisotopic (exact) mass is 329 g/mol. The molecule has 1 aromatic carbocycles. The van der Waals surface area contributed by atoms with Gasteiger partial charge in [0.15, 0.2) is 0 Å². The first-order valence-corrected chi connectivity index (χ1v) is 7.41. The number of rotatable bonds is 7. The van der Waals surface area contributed by atoms with E-state index in [-0.39, 0.29) is 6.61 Å². The van der Waals surface area contributed by atoms with Gasteiger partial charge in [0.05, 0.1) is 10.1 Å². The maximum atomic E-state index is 9.64. The number of benzene rings is 1. The van der Waals surface area contributed by atoms with Crippen molar-refractivity contribution in [2.75, 3.05) is 13.2 Å². The Kier molecular flexibility index (Phi) is 6.30. The van der Waals surface area contributed by atoms with E-state index >= 15 is 0 Å². The van der Waals surface area contributed by atoms with Crippen molar-refractivity contribution in [3.63, 3.8) is 0 Å². The van der Waals surface area contributed by atoms with Crippen LogP contribution in [0.25, 0.3) is 0 Å². The topological polar surface area (TPSA) is 41.5 Å². The first-order chi connectivity index (χ1) is 8.78. The molecule has 0 unspecified atom stereocenters. The van der Waals surface area contributed by atoms with Crippen LogP contribution in [0.15, 0.2) is 22.7 Å². The Bertz CT molecular complexity index is 400. The minimum absolute atomic E-state index is 0.274. The van der Waals surface area contributed by atoms with Gasteiger partial charge in [-0.1, -0.05) is 19.9 Å². The third-order valence-electron chi connectivity index (χ3n) is 2.46. The second kappa shape index (κ2) is 7.27. The van der Waals surface area contributed by atoms with Crippen LogP contribution >= 0.6 is 15.9 Å². The van der Waals surface area contributed by atoms with Crippen LogP contribution < -0.4 is 10.1 Å². The predicted molar refractivity (Wildman–Crippen MR) is 82.5 cm³/mol. The van der Waals surface area contributed by atoms with Crippen molar-refractivity contribution in [2.45, 2.75) is 39.8 Å². The van der Waals surface area contributed by atoms with Crippen molar-refractivity contribution in [3.8, 4) is 5.75 Å². The summed E-state index contributed by atoms with van der Waals surface area (Å²) >= 11 is 3.50. The van der Waals surface area contributed by atoms with Crippen molar-refractivity contribution >= 4 is 15.9 Å². The summed E-state index contributed by atoms with van der Waals surface area (Å²) in [5.74, 6) is 1.41. The highest BCUT2D eigenvalue weighted by atomic mass is 79.9. The fraction of sp³-hybridized carbons (Fsp3) is 0.600. The zero-order valence-electron chi connectivity index (χ0n) is 12.2. The number of nitrogens with one attached hydrogen (secondary N) is 1. The number of ether oxygens (including phenoxy) is 1. The van der Waals surface area contributed by atoms with Gasteiger partial charge in [-0.25, -0.2) is 0 Å². The first-order valence-electron chi connectivity index (χ1n) is 6.62. The molecular weight excluding hydrogens is 306 g/mol. The molecule has 0 saturated heterocycles. The van der Waals surface area contributed by atoms with E-state index in [9.17, 15) is 5.11 Å². The molecule has 0 aliphatic carbocycles. The Morgan fingerprint density at radius 3 is 2.58 bits per heavy atom. The fourth-order valence-electron chi connectivity index (χ4n) is 1.53. The van der Waals surface area contributed by atoms with Crippen LogP contribution in [0.1, 0.15) is 33.3 Å². The van der Waals surface area contributed by atoms with Gasteiger partial charge < -0.3 is 15.2 Å². The quantitative estimate of drug-likeness (QED) is 0.806. The van der Waals surface area contributed by atoms with E-state index < -0.39 is 5.60 Å². The van der Waals surface area contributed by atoms with Crippen LogP contribution in [0.2, 0.25) is 0 Å². The molecule has 1 rings (SSSR count). The third kappa shape index (κ3) is 6.95. The molecule has 3 nitrogen and oxygen atoms in total. The maximum absolute atomic E-state index is 9.64. The smallest absolute Gasteiger partial charge is 0.133 e. The van der Waals surface area contributed by atoms with E-state index in [1.165, 1.54) is 5.56 Å². The molecule has 0 aliphatic heterocycles. The highest BCUT2D eigenvalue weighted by Gasteiger charge is 2.14. The second-order valence-electron chi connectivity index (χ2n) is 5.89. The standard InChI is InChI=1S/C15H24BrNO2/c1-11(2)8-17-9-12-5-6-14(13(16)7-12)19-10-15(3,4)18/h5-7,11,17-18H,8-10H2,1-4H3. The summed E-state index contributed by atoms with van der Waals surface area (Å²) in [6, 6.07) is 6.02. The van der Waals surface area contributed by atoms with E-state index in [2.05, 4.69) is 35.1 Å². The van der Waals surface area contributed by atoms with Gasteiger partial charge in [0.1, 0.15) is 12.4 Å². The number of aliphatic hydroxyl groups is 1. The molecule has 0 radical (unpaired) electrons. The minimum Gasteiger partial charge on any atom is -0.489 e. The Morgan fingerprint density at radius 2 is 2.05 bits per heavy atom. The van der Waals surface area contributed by atoms with Crippen LogP contribution in [-0.4, -0.2) is 23.9 Å². The molecular formula is C15H24BrNO2. The predicted octanol–water partition coefficient (Wildman–Crippen LogP) is 3.34. The molecule has 2 N–H and O–H groups in total. The Morgan fingerprint density at radius 1 is 1.37 bits per heavy atom. The third-order valence-corrected chi connectivity index (χ3v) is 3.08. The van der Waals surface area contributed by atoms with E-state index in [0.717, 1.165) is 23.3 Å². The molecule has 0 amide bonds. The van der Waals surface area contributed by atoms with Gasteiger partial charge in [-0.05, 0) is 59.9 Å². The molecule has 0 saturated carbocycles. The highest BCUT2D eigenvalue weighted by molar-refractivity contribution is 9.10. The molecule has 0 atom stereocenters. The molecule has 0 bridgehead atoms. The molecule has 1 aromatic rings. The fourth-order valence-corrected chi connectivity index (χ4v) is 2.07. The Labute approximate surface area is 124 Å². The Hall–Kier alpha value is -0.580. The first kappa shape index (κ1) is 16.5. The molecule has 0 aromatic heterocycles. The summed E-state index contributed by atoms with van der Waals surface area (Å²) in [6.45, 7) is 9.97. The molecule has 108 valence electrons. The van der Waals surface area contributed by atoms with Gasteiger partial charge >= 0.3 is 0 Å². The summed E-state index contributed by atoms with van der Waals surface area (Å²) in [6.07, 6.45) is 0. The van der Waals surface area contributed by atoms with Gasteiger partial charge in [-0.3, -0.25) is 0 Å². The van der Waals surface area contributed by atoms with Crippen LogP contribution in [-0.2, 0) is 6.54 Å². The number of hydrogen-bond acceptors (Lipinski definition) is 3. The average molecular weight is 330 g/mol. The molecule has 0 heterocycles. The number of hydrogen-bond donors (Lipinski definition) is 2. The van der Waals surface area contributed by atoms with Crippen molar-refractivity contribution in [1.82, 2.24) is 5.32 Å². The van der Waals surface area contributed by atoms with Crippen LogP contribution in [0.3, 0.4) is 0 Å². The summed E-state index contributed by atoms with van der Waals surface area (Å²) in [5, 5.41) is 13.0. The lowest BCUT2D eigenvalue weighted by Crippen LogP contribution is -2.28. The van der Waals surface area contributed by atoms with Crippen LogP contribution in [0, 0.1) is 5.92 Å². The van der Waals surface area contributed by atoms with Crippen molar-refractivity contribution in [2.24, 2.45) is 5.92 Å². The Balaban J connectivity index is 2.54. The van der Waals surface area contributed by atoms with Crippen LogP contribution in [0.4, 0.5) is 0 Å². The summed E-state index contributed by atoms with van der Waals surface area (Å²) in [7, 11) is 0. The number of halogens is 1. The van der Waals surface area contributed by atoms with Gasteiger partial charge in [0, 0.05) is 6.54 Å². The normalized spacial score (nSPS) is 11.9. The minimum atomic E-state index is -0.822. The lowest BCUT2D eigenvalue weighted by atomic mass is 10.1. The van der Waals surface area contributed by atoms with Gasteiger partial charge in [0.2, 0.25) is 0 Å². The lowest BCUT2D eigenvalue weighted by molar-refractivity contribution is 0.0282. The van der Waals surface area contributed by atoms with Crippen molar-refractivity contribution in [3.05, 3.63) is 28.2 Å². The molecule has 0 spiro atoms. The summed E-state index contributed by atoms with van der Waals surface area (Å²) in [5.41, 5.74) is 0.389. The van der Waals surface area contributed by atoms with E-state index in [1.54, 1.807) is 13.8 Å². The largest absolute Gasteiger partial charge is 0.489 e. The van der Waals surface area contributed by atoms with Gasteiger partial charge in [0.25, 0.3) is 0 Å². The highest BCUT2D eigenvalue weighted by Crippen LogP contribution is 2.26. The zero-order valence-corrected chi connectivity index (χ0v) is 13.8. The molecule has 4 heteroatoms. The lowest BCUT2D eigenvalue weighted by Gasteiger charge is -2.18. The molecule has 0 fully saturated rings. The van der Waals surface area contributed by atoms with E-state index in [0.29, 0.717) is 5.92 Å². The SMILES string of the molecule is CC(C)CNCc1ccc(OCC(C)(C)O)c(Br)c1. The zero-order chi connectivity index (χ0) is 14.5. The van der Waals surface area contributed by atoms with Crippen molar-refractivity contribution in [1.29, 1.82) is 0 Å². The average Bonchev–Trinajstić information content (AvgIpc) is 2.26. The van der Waals surface area contributed by atoms with Gasteiger partial charge in [-0.2, -0.15) is 0 Å². The van der Waals surface area contributed by atoms with Crippen molar-refractivity contribution < 1.29 is 9.84 Å². The maximum Gasteiger partial charge on any atom is 0.133 e. The van der Waals surface area contributed by atoms with E-state index in [1.807, 2.05) is 18.2 Å². The molecule has 0 aliphatic rings. The van der Waals surface area contributed by atoms with Crippen LogP contribution in [0.5, 0.6) is 5.75 Å². The summed E-state index contributed by atoms with van der Waals surface area (Å²) < 4.78 is 6.50. The van der Waals surface area contributed by atoms with Gasteiger partial charge in [-0.15, -0.1) is 0 Å². The van der Waals surface area contributed by atoms with E-state index in [4.69, 9.17) is 4.74 Å². The summed E-state index contributed by atoms with van der Waals surface area (Å²) in [4.78, 5) is 0. The second-order valence-corrected chi connectivity index (χ2v) is 6.74.